The van der Waals surface area contributed by atoms with Crippen LogP contribution in [0.2, 0.25) is 0 Å². The number of piperidine rings is 1. The number of benzene rings is 2. The molecule has 1 saturated heterocycles. The molecule has 3 rings (SSSR count). The van der Waals surface area contributed by atoms with Crippen LogP contribution >= 0.6 is 0 Å². The van der Waals surface area contributed by atoms with Crippen molar-refractivity contribution in [1.29, 1.82) is 0 Å². The maximum absolute atomic E-state index is 13.1. The van der Waals surface area contributed by atoms with Gasteiger partial charge in [-0.3, -0.25) is 4.72 Å². The lowest BCUT2D eigenvalue weighted by atomic mass is 10.2. The van der Waals surface area contributed by atoms with E-state index in [2.05, 4.69) is 4.72 Å². The summed E-state index contributed by atoms with van der Waals surface area (Å²) < 4.78 is 61.4. The highest BCUT2D eigenvalue weighted by Crippen LogP contribution is 2.32. The van der Waals surface area contributed by atoms with Crippen LogP contribution in [-0.2, 0) is 20.0 Å². The Labute approximate surface area is 188 Å². The molecule has 0 saturated carbocycles. The molecule has 0 atom stereocenters. The minimum atomic E-state index is -4.13. The smallest absolute Gasteiger partial charge is 0.335 e. The van der Waals surface area contributed by atoms with E-state index in [1.165, 1.54) is 46.8 Å². The molecule has 0 aliphatic carbocycles. The molecule has 2 N–H and O–H groups in total. The van der Waals surface area contributed by atoms with E-state index < -0.39 is 26.0 Å². The van der Waals surface area contributed by atoms with E-state index in [0.717, 1.165) is 19.3 Å². The Bertz CT molecular complexity index is 1190. The summed E-state index contributed by atoms with van der Waals surface area (Å²) >= 11 is 0. The maximum Gasteiger partial charge on any atom is 0.335 e. The summed E-state index contributed by atoms with van der Waals surface area (Å²) in [4.78, 5) is 10.8. The first-order valence-corrected chi connectivity index (χ1v) is 13.1. The SMILES string of the molecule is CC(C)Oc1ccc(S(=O)(=O)N2CCCCC2)cc1NS(=O)(=O)c1ccc(C(=O)O)cc1. The third-order valence-corrected chi connectivity index (χ3v) is 8.20. The molecule has 1 aliphatic rings. The van der Waals surface area contributed by atoms with Crippen LogP contribution in [0.5, 0.6) is 5.75 Å². The zero-order valence-corrected chi connectivity index (χ0v) is 19.4. The van der Waals surface area contributed by atoms with Crippen LogP contribution in [0, 0.1) is 0 Å². The number of hydrogen-bond donors (Lipinski definition) is 2. The highest BCUT2D eigenvalue weighted by Gasteiger charge is 2.28. The van der Waals surface area contributed by atoms with Crippen molar-refractivity contribution in [2.24, 2.45) is 0 Å². The van der Waals surface area contributed by atoms with Crippen molar-refractivity contribution in [3.63, 3.8) is 0 Å². The normalized spacial score (nSPS) is 15.5. The predicted molar refractivity (Wildman–Crippen MR) is 119 cm³/mol. The van der Waals surface area contributed by atoms with Gasteiger partial charge in [0.1, 0.15) is 5.75 Å². The second-order valence-corrected chi connectivity index (χ2v) is 11.3. The number of nitrogens with one attached hydrogen (secondary N) is 1. The number of anilines is 1. The Hall–Kier alpha value is -2.63. The average molecular weight is 483 g/mol. The van der Waals surface area contributed by atoms with Crippen molar-refractivity contribution in [2.75, 3.05) is 17.8 Å². The number of carboxylic acids is 1. The molecular weight excluding hydrogens is 456 g/mol. The second-order valence-electron chi connectivity index (χ2n) is 7.72. The summed E-state index contributed by atoms with van der Waals surface area (Å²) in [5.41, 5.74) is -0.0681. The van der Waals surface area contributed by atoms with Crippen LogP contribution in [0.15, 0.2) is 52.3 Å². The zero-order chi connectivity index (χ0) is 23.5. The van der Waals surface area contributed by atoms with Gasteiger partial charge in [-0.25, -0.2) is 21.6 Å². The summed E-state index contributed by atoms with van der Waals surface area (Å²) in [6, 6.07) is 8.79. The number of aromatic carboxylic acids is 1. The molecule has 0 radical (unpaired) electrons. The molecule has 0 unspecified atom stereocenters. The molecule has 2 aromatic carbocycles. The fourth-order valence-corrected chi connectivity index (χ4v) is 5.95. The van der Waals surface area contributed by atoms with E-state index in [1.54, 1.807) is 13.8 Å². The van der Waals surface area contributed by atoms with E-state index in [0.29, 0.717) is 13.1 Å². The Kier molecular flexibility index (Phi) is 7.11. The van der Waals surface area contributed by atoms with E-state index in [-0.39, 0.29) is 32.9 Å². The third kappa shape index (κ3) is 5.40. The van der Waals surface area contributed by atoms with E-state index in [4.69, 9.17) is 9.84 Å². The van der Waals surface area contributed by atoms with Gasteiger partial charge >= 0.3 is 5.97 Å². The number of carbonyl (C=O) groups is 1. The van der Waals surface area contributed by atoms with Crippen LogP contribution in [0.25, 0.3) is 0 Å². The standard InChI is InChI=1S/C21H26N2O7S2/c1-15(2)30-20-11-10-18(32(28,29)23-12-4-3-5-13-23)14-19(20)22-31(26,27)17-8-6-16(7-9-17)21(24)25/h6-11,14-15,22H,3-5,12-13H2,1-2H3,(H,24,25). The van der Waals surface area contributed by atoms with Gasteiger partial charge in [-0.2, -0.15) is 4.31 Å². The van der Waals surface area contributed by atoms with Gasteiger partial charge in [-0.1, -0.05) is 6.42 Å². The highest BCUT2D eigenvalue weighted by atomic mass is 32.2. The molecule has 0 amide bonds. The minimum absolute atomic E-state index is 0.0147. The monoisotopic (exact) mass is 482 g/mol. The lowest BCUT2D eigenvalue weighted by Gasteiger charge is -2.26. The molecule has 1 heterocycles. The van der Waals surface area contributed by atoms with E-state index in [1.807, 2.05) is 0 Å². The Balaban J connectivity index is 1.98. The van der Waals surface area contributed by atoms with Gasteiger partial charge in [-0.15, -0.1) is 0 Å². The Morgan fingerprint density at radius 3 is 2.12 bits per heavy atom. The van der Waals surface area contributed by atoms with Gasteiger partial charge in [-0.05, 0) is 69.2 Å². The van der Waals surface area contributed by atoms with Crippen LogP contribution < -0.4 is 9.46 Å². The largest absolute Gasteiger partial charge is 0.489 e. The number of rotatable bonds is 8. The van der Waals surface area contributed by atoms with Crippen LogP contribution in [0.3, 0.4) is 0 Å². The number of nitrogens with zero attached hydrogens (tertiary/aromatic N) is 1. The summed E-state index contributed by atoms with van der Waals surface area (Å²) in [6.07, 6.45) is 2.25. The number of carboxylic acid groups (broad SMARTS) is 1. The predicted octanol–water partition coefficient (Wildman–Crippen LogP) is 3.15. The van der Waals surface area contributed by atoms with E-state index >= 15 is 0 Å². The van der Waals surface area contributed by atoms with Crippen molar-refractivity contribution in [3.8, 4) is 5.75 Å². The first kappa shape index (κ1) is 24.0. The van der Waals surface area contributed by atoms with Crippen molar-refractivity contribution in [3.05, 3.63) is 48.0 Å². The van der Waals surface area contributed by atoms with Crippen molar-refractivity contribution >= 4 is 31.7 Å². The summed E-state index contributed by atoms with van der Waals surface area (Å²) in [6.45, 7) is 4.37. The van der Waals surface area contributed by atoms with Gasteiger partial charge in [0.05, 0.1) is 27.1 Å². The maximum atomic E-state index is 13.1. The van der Waals surface area contributed by atoms with Crippen LogP contribution in [-0.4, -0.2) is 51.4 Å². The molecule has 2 aromatic rings. The van der Waals surface area contributed by atoms with Gasteiger partial charge in [0.25, 0.3) is 10.0 Å². The molecule has 1 fully saturated rings. The van der Waals surface area contributed by atoms with Crippen molar-refractivity contribution in [1.82, 2.24) is 4.31 Å². The quantitative estimate of drug-likeness (QED) is 0.591. The number of ether oxygens (including phenoxy) is 1. The van der Waals surface area contributed by atoms with Crippen LogP contribution in [0.4, 0.5) is 5.69 Å². The molecule has 1 aliphatic heterocycles. The molecule has 174 valence electrons. The van der Waals surface area contributed by atoms with Gasteiger partial charge in [0, 0.05) is 13.1 Å². The number of hydrogen-bond acceptors (Lipinski definition) is 6. The summed E-state index contributed by atoms with van der Waals surface area (Å²) in [5, 5.41) is 9.01. The fraction of sp³-hybridized carbons (Fsp3) is 0.381. The van der Waals surface area contributed by atoms with Crippen LogP contribution in [0.1, 0.15) is 43.5 Å². The van der Waals surface area contributed by atoms with Gasteiger partial charge in [0.2, 0.25) is 10.0 Å². The lowest BCUT2D eigenvalue weighted by Crippen LogP contribution is -2.35. The zero-order valence-electron chi connectivity index (χ0n) is 17.8. The molecule has 9 nitrogen and oxygen atoms in total. The fourth-order valence-electron chi connectivity index (χ4n) is 3.34. The molecule has 0 aromatic heterocycles. The minimum Gasteiger partial charge on any atom is -0.489 e. The highest BCUT2D eigenvalue weighted by molar-refractivity contribution is 7.92. The Morgan fingerprint density at radius 2 is 1.56 bits per heavy atom. The Morgan fingerprint density at radius 1 is 0.969 bits per heavy atom. The lowest BCUT2D eigenvalue weighted by molar-refractivity contribution is 0.0696. The van der Waals surface area contributed by atoms with Crippen molar-refractivity contribution in [2.45, 2.75) is 49.0 Å². The number of sulfonamides is 2. The topological polar surface area (TPSA) is 130 Å². The molecule has 0 bridgehead atoms. The third-order valence-electron chi connectivity index (χ3n) is 4.92. The summed E-state index contributed by atoms with van der Waals surface area (Å²) in [5.74, 6) is -0.992. The second kappa shape index (κ2) is 9.47. The average Bonchev–Trinajstić information content (AvgIpc) is 2.75. The molecule has 32 heavy (non-hydrogen) atoms. The van der Waals surface area contributed by atoms with Gasteiger partial charge in [0.15, 0.2) is 0 Å². The summed E-state index contributed by atoms with van der Waals surface area (Å²) in [7, 11) is -7.92. The molecule has 11 heteroatoms. The molecular formula is C21H26N2O7S2. The van der Waals surface area contributed by atoms with Crippen molar-refractivity contribution < 1.29 is 31.5 Å². The molecule has 0 spiro atoms. The van der Waals surface area contributed by atoms with E-state index in [9.17, 15) is 21.6 Å². The first-order valence-electron chi connectivity index (χ1n) is 10.2. The first-order chi connectivity index (χ1) is 15.0. The van der Waals surface area contributed by atoms with Gasteiger partial charge < -0.3 is 9.84 Å².